The molecule has 6 heteroatoms. The second kappa shape index (κ2) is 7.92. The summed E-state index contributed by atoms with van der Waals surface area (Å²) in [7, 11) is 1.66. The van der Waals surface area contributed by atoms with Crippen molar-refractivity contribution < 1.29 is 18.8 Å². The quantitative estimate of drug-likeness (QED) is 0.708. The third-order valence-electron chi connectivity index (χ3n) is 5.21. The Hall–Kier alpha value is -3.02. The molecule has 2 aromatic rings. The Morgan fingerprint density at radius 3 is 2.36 bits per heavy atom. The van der Waals surface area contributed by atoms with E-state index in [-0.39, 0.29) is 35.1 Å². The van der Waals surface area contributed by atoms with Crippen LogP contribution in [-0.4, -0.2) is 41.1 Å². The van der Waals surface area contributed by atoms with Gasteiger partial charge in [0.2, 0.25) is 0 Å². The Kier molecular flexibility index (Phi) is 5.58. The molecule has 0 radical (unpaired) electrons. The molecule has 1 atom stereocenters. The average molecular weight is 382 g/mol. The second-order valence-electron chi connectivity index (χ2n) is 7.02. The summed E-state index contributed by atoms with van der Waals surface area (Å²) in [4.78, 5) is 40.7. The molecule has 0 spiro atoms. The van der Waals surface area contributed by atoms with Gasteiger partial charge in [-0.3, -0.25) is 19.3 Å². The summed E-state index contributed by atoms with van der Waals surface area (Å²) in [6, 6.07) is 10.3. The lowest BCUT2D eigenvalue weighted by atomic mass is 10.0. The predicted octanol–water partition coefficient (Wildman–Crippen LogP) is 4.06. The highest BCUT2D eigenvalue weighted by atomic mass is 19.1. The van der Waals surface area contributed by atoms with E-state index in [9.17, 15) is 18.8 Å². The van der Waals surface area contributed by atoms with E-state index in [2.05, 4.69) is 0 Å². The first-order valence-corrected chi connectivity index (χ1v) is 9.38. The Labute approximate surface area is 163 Å². The number of rotatable bonds is 6. The van der Waals surface area contributed by atoms with Crippen LogP contribution in [0.3, 0.4) is 0 Å². The van der Waals surface area contributed by atoms with Gasteiger partial charge in [-0.2, -0.15) is 0 Å². The van der Waals surface area contributed by atoms with Crippen LogP contribution < -0.4 is 0 Å². The molecular weight excluding hydrogens is 359 g/mol. The van der Waals surface area contributed by atoms with E-state index in [1.165, 1.54) is 28.0 Å². The lowest BCUT2D eigenvalue weighted by Crippen LogP contribution is -2.30. The van der Waals surface area contributed by atoms with Gasteiger partial charge in [-0.25, -0.2) is 4.39 Å². The van der Waals surface area contributed by atoms with E-state index in [4.69, 9.17) is 0 Å². The molecule has 1 unspecified atom stereocenters. The van der Waals surface area contributed by atoms with Crippen LogP contribution in [0.4, 0.5) is 4.39 Å². The molecule has 28 heavy (non-hydrogen) atoms. The van der Waals surface area contributed by atoms with Gasteiger partial charge in [-0.05, 0) is 49.2 Å². The smallest absolute Gasteiger partial charge is 0.261 e. The minimum Gasteiger partial charge on any atom is -0.335 e. The van der Waals surface area contributed by atoms with E-state index in [0.717, 1.165) is 18.4 Å². The van der Waals surface area contributed by atoms with Crippen LogP contribution in [0.2, 0.25) is 0 Å². The van der Waals surface area contributed by atoms with Gasteiger partial charge in [0.15, 0.2) is 0 Å². The number of fused-ring (bicyclic) bond motifs is 1. The topological polar surface area (TPSA) is 57.7 Å². The summed E-state index contributed by atoms with van der Waals surface area (Å²) >= 11 is 0. The SMILES string of the molecule is CCCCN1C(=O)c2ccc(C(=O)N(C)C(C)c3ccc(F)cc3)cc2C1=O. The van der Waals surface area contributed by atoms with Gasteiger partial charge in [-0.15, -0.1) is 0 Å². The van der Waals surface area contributed by atoms with E-state index in [1.54, 1.807) is 31.3 Å². The van der Waals surface area contributed by atoms with Gasteiger partial charge >= 0.3 is 0 Å². The first kappa shape index (κ1) is 19.7. The van der Waals surface area contributed by atoms with Crippen molar-refractivity contribution in [1.82, 2.24) is 9.80 Å². The monoisotopic (exact) mass is 382 g/mol. The number of unbranched alkanes of at least 4 members (excludes halogenated alkanes) is 1. The number of carbonyl (C=O) groups excluding carboxylic acids is 3. The molecule has 146 valence electrons. The van der Waals surface area contributed by atoms with E-state index < -0.39 is 0 Å². The minimum atomic E-state index is -0.350. The third-order valence-corrected chi connectivity index (χ3v) is 5.21. The number of carbonyl (C=O) groups is 3. The zero-order valence-electron chi connectivity index (χ0n) is 16.2. The van der Waals surface area contributed by atoms with Crippen LogP contribution in [0.25, 0.3) is 0 Å². The molecule has 2 aromatic carbocycles. The molecule has 3 amide bonds. The van der Waals surface area contributed by atoms with Crippen molar-refractivity contribution in [3.63, 3.8) is 0 Å². The van der Waals surface area contributed by atoms with Crippen LogP contribution in [0.5, 0.6) is 0 Å². The normalized spacial score (nSPS) is 14.2. The van der Waals surface area contributed by atoms with E-state index in [1.807, 2.05) is 13.8 Å². The summed E-state index contributed by atoms with van der Waals surface area (Å²) in [5, 5.41) is 0. The minimum absolute atomic E-state index is 0.271. The van der Waals surface area contributed by atoms with Crippen LogP contribution in [0.15, 0.2) is 42.5 Å². The predicted molar refractivity (Wildman–Crippen MR) is 104 cm³/mol. The molecule has 0 bridgehead atoms. The summed E-state index contributed by atoms with van der Waals surface area (Å²) in [5.41, 5.74) is 1.76. The molecular formula is C22H23FN2O3. The van der Waals surface area contributed by atoms with Gasteiger partial charge in [0.1, 0.15) is 5.82 Å². The maximum atomic E-state index is 13.1. The fraction of sp³-hybridized carbons (Fsp3) is 0.318. The molecule has 0 N–H and O–H groups in total. The number of halogens is 1. The first-order valence-electron chi connectivity index (χ1n) is 9.38. The first-order chi connectivity index (χ1) is 13.3. The highest BCUT2D eigenvalue weighted by Crippen LogP contribution is 2.26. The highest BCUT2D eigenvalue weighted by Gasteiger charge is 2.35. The number of benzene rings is 2. The van der Waals surface area contributed by atoms with Crippen molar-refractivity contribution in [2.75, 3.05) is 13.6 Å². The zero-order valence-corrected chi connectivity index (χ0v) is 16.2. The molecule has 5 nitrogen and oxygen atoms in total. The van der Waals surface area contributed by atoms with Gasteiger partial charge in [-0.1, -0.05) is 25.5 Å². The summed E-state index contributed by atoms with van der Waals surface area (Å²) in [6.07, 6.45) is 1.62. The number of imide groups is 1. The molecule has 0 aliphatic carbocycles. The van der Waals surface area contributed by atoms with Gasteiger partial charge in [0, 0.05) is 19.2 Å². The fourth-order valence-electron chi connectivity index (χ4n) is 3.29. The van der Waals surface area contributed by atoms with Crippen molar-refractivity contribution in [3.8, 4) is 0 Å². The number of hydrogen-bond acceptors (Lipinski definition) is 3. The molecule has 0 aromatic heterocycles. The largest absolute Gasteiger partial charge is 0.335 e. The maximum absolute atomic E-state index is 13.1. The Morgan fingerprint density at radius 2 is 1.71 bits per heavy atom. The number of hydrogen-bond donors (Lipinski definition) is 0. The third kappa shape index (κ3) is 3.54. The van der Waals surface area contributed by atoms with E-state index in [0.29, 0.717) is 17.7 Å². The standard InChI is InChI=1S/C22H23FN2O3/c1-4-5-12-25-21(27)18-11-8-16(13-19(18)22(25)28)20(26)24(3)14(2)15-6-9-17(23)10-7-15/h6-11,13-14H,4-5,12H2,1-3H3. The lowest BCUT2D eigenvalue weighted by molar-refractivity contribution is 0.0651. The van der Waals surface area contributed by atoms with Crippen molar-refractivity contribution in [2.45, 2.75) is 32.7 Å². The summed E-state index contributed by atoms with van der Waals surface area (Å²) in [5.74, 6) is -1.26. The molecule has 1 aliphatic rings. The summed E-state index contributed by atoms with van der Waals surface area (Å²) < 4.78 is 13.1. The van der Waals surface area contributed by atoms with Crippen molar-refractivity contribution >= 4 is 17.7 Å². The maximum Gasteiger partial charge on any atom is 0.261 e. The average Bonchev–Trinajstić information content (AvgIpc) is 2.95. The highest BCUT2D eigenvalue weighted by molar-refractivity contribution is 6.22. The Bertz CT molecular complexity index is 924. The molecule has 0 saturated carbocycles. The number of nitrogens with zero attached hydrogens (tertiary/aromatic N) is 2. The van der Waals surface area contributed by atoms with Gasteiger partial charge in [0.05, 0.1) is 17.2 Å². The van der Waals surface area contributed by atoms with Gasteiger partial charge in [0.25, 0.3) is 17.7 Å². The molecule has 0 fully saturated rings. The van der Waals surface area contributed by atoms with Crippen LogP contribution in [0, 0.1) is 5.82 Å². The van der Waals surface area contributed by atoms with Gasteiger partial charge < -0.3 is 4.90 Å². The molecule has 3 rings (SSSR count). The van der Waals surface area contributed by atoms with Crippen LogP contribution in [0.1, 0.15) is 69.4 Å². The van der Waals surface area contributed by atoms with Crippen molar-refractivity contribution in [2.24, 2.45) is 0 Å². The van der Waals surface area contributed by atoms with E-state index >= 15 is 0 Å². The number of amides is 3. The molecule has 1 aliphatic heterocycles. The lowest BCUT2D eigenvalue weighted by Gasteiger charge is -2.25. The Balaban J connectivity index is 1.83. The second-order valence-corrected chi connectivity index (χ2v) is 7.02. The van der Waals surface area contributed by atoms with Crippen LogP contribution in [-0.2, 0) is 0 Å². The summed E-state index contributed by atoms with van der Waals surface area (Å²) in [6.45, 7) is 4.22. The Morgan fingerprint density at radius 1 is 1.07 bits per heavy atom. The fourth-order valence-corrected chi connectivity index (χ4v) is 3.29. The molecule has 0 saturated heterocycles. The van der Waals surface area contributed by atoms with Crippen molar-refractivity contribution in [1.29, 1.82) is 0 Å². The molecule has 1 heterocycles. The van der Waals surface area contributed by atoms with Crippen molar-refractivity contribution in [3.05, 3.63) is 70.5 Å². The van der Waals surface area contributed by atoms with Crippen LogP contribution >= 0.6 is 0 Å². The zero-order chi connectivity index (χ0) is 20.4.